The Morgan fingerprint density at radius 1 is 1.43 bits per heavy atom. The Morgan fingerprint density at radius 3 is 2.64 bits per heavy atom. The predicted octanol–water partition coefficient (Wildman–Crippen LogP) is 1.56. The number of rotatable bonds is 4. The summed E-state index contributed by atoms with van der Waals surface area (Å²) in [5.41, 5.74) is 0. The standard InChI is InChI=1S/C11H22N2S/c1-3-5-13(10-7-12-8-10)11-4-6-14-9(11)2/h9-12H,3-8H2,1-2H3. The number of hydrogen-bond donors (Lipinski definition) is 1. The summed E-state index contributed by atoms with van der Waals surface area (Å²) in [5.74, 6) is 1.37. The largest absolute Gasteiger partial charge is 0.314 e. The Bertz CT molecular complexity index is 182. The summed E-state index contributed by atoms with van der Waals surface area (Å²) in [6.45, 7) is 8.42. The second-order valence-electron chi connectivity index (χ2n) is 4.48. The van der Waals surface area contributed by atoms with E-state index in [0.29, 0.717) is 0 Å². The van der Waals surface area contributed by atoms with Crippen molar-refractivity contribution in [3.8, 4) is 0 Å². The van der Waals surface area contributed by atoms with Crippen molar-refractivity contribution in [3.05, 3.63) is 0 Å². The maximum absolute atomic E-state index is 3.39. The molecule has 82 valence electrons. The van der Waals surface area contributed by atoms with Crippen molar-refractivity contribution in [1.82, 2.24) is 10.2 Å². The minimum Gasteiger partial charge on any atom is -0.314 e. The zero-order valence-electron chi connectivity index (χ0n) is 9.33. The maximum atomic E-state index is 3.39. The van der Waals surface area contributed by atoms with Crippen LogP contribution < -0.4 is 5.32 Å². The van der Waals surface area contributed by atoms with Crippen molar-refractivity contribution in [2.24, 2.45) is 0 Å². The number of nitrogens with zero attached hydrogens (tertiary/aromatic N) is 1. The van der Waals surface area contributed by atoms with Gasteiger partial charge in [0, 0.05) is 30.4 Å². The minimum absolute atomic E-state index is 0.834. The van der Waals surface area contributed by atoms with Gasteiger partial charge in [0.05, 0.1) is 0 Å². The minimum atomic E-state index is 0.834. The van der Waals surface area contributed by atoms with Crippen LogP contribution in [0.5, 0.6) is 0 Å². The maximum Gasteiger partial charge on any atom is 0.0348 e. The second kappa shape index (κ2) is 4.86. The Morgan fingerprint density at radius 2 is 2.21 bits per heavy atom. The van der Waals surface area contributed by atoms with E-state index in [4.69, 9.17) is 0 Å². The molecular formula is C11H22N2S. The third-order valence-electron chi connectivity index (χ3n) is 3.47. The smallest absolute Gasteiger partial charge is 0.0348 e. The second-order valence-corrected chi connectivity index (χ2v) is 5.97. The SMILES string of the molecule is CCCN(C1CNC1)C1CCSC1C. The van der Waals surface area contributed by atoms with Crippen LogP contribution in [-0.4, -0.2) is 47.6 Å². The summed E-state index contributed by atoms with van der Waals surface area (Å²) in [6, 6.07) is 1.69. The molecule has 0 aromatic carbocycles. The molecular weight excluding hydrogens is 192 g/mol. The highest BCUT2D eigenvalue weighted by atomic mass is 32.2. The van der Waals surface area contributed by atoms with Gasteiger partial charge in [-0.25, -0.2) is 0 Å². The van der Waals surface area contributed by atoms with Crippen molar-refractivity contribution in [2.45, 2.75) is 44.0 Å². The number of hydrogen-bond acceptors (Lipinski definition) is 3. The van der Waals surface area contributed by atoms with Crippen LogP contribution in [0.4, 0.5) is 0 Å². The van der Waals surface area contributed by atoms with Crippen LogP contribution in [0.25, 0.3) is 0 Å². The topological polar surface area (TPSA) is 15.3 Å². The van der Waals surface area contributed by atoms with Crippen molar-refractivity contribution >= 4 is 11.8 Å². The van der Waals surface area contributed by atoms with Crippen molar-refractivity contribution in [1.29, 1.82) is 0 Å². The van der Waals surface area contributed by atoms with E-state index in [2.05, 4.69) is 35.8 Å². The molecule has 14 heavy (non-hydrogen) atoms. The van der Waals surface area contributed by atoms with Crippen LogP contribution in [-0.2, 0) is 0 Å². The molecule has 2 fully saturated rings. The molecule has 2 aliphatic heterocycles. The highest BCUT2D eigenvalue weighted by molar-refractivity contribution is 8.00. The van der Waals surface area contributed by atoms with Crippen LogP contribution in [0, 0.1) is 0 Å². The lowest BCUT2D eigenvalue weighted by Gasteiger charge is -2.43. The Balaban J connectivity index is 1.93. The highest BCUT2D eigenvalue weighted by Crippen LogP contribution is 2.31. The van der Waals surface area contributed by atoms with Crippen LogP contribution >= 0.6 is 11.8 Å². The summed E-state index contributed by atoms with van der Waals surface area (Å²) in [4.78, 5) is 2.77. The zero-order chi connectivity index (χ0) is 9.97. The fourth-order valence-corrected chi connectivity index (χ4v) is 3.81. The van der Waals surface area contributed by atoms with Crippen LogP contribution in [0.1, 0.15) is 26.7 Å². The molecule has 0 amide bonds. The lowest BCUT2D eigenvalue weighted by atomic mass is 10.0. The molecule has 0 spiro atoms. The Kier molecular flexibility index (Phi) is 3.74. The third kappa shape index (κ3) is 2.10. The van der Waals surface area contributed by atoms with E-state index in [1.165, 1.54) is 38.2 Å². The van der Waals surface area contributed by atoms with Gasteiger partial charge in [-0.1, -0.05) is 13.8 Å². The fraction of sp³-hybridized carbons (Fsp3) is 1.00. The average molecular weight is 214 g/mol. The molecule has 2 aliphatic rings. The van der Waals surface area contributed by atoms with Crippen molar-refractivity contribution < 1.29 is 0 Å². The van der Waals surface area contributed by atoms with Crippen molar-refractivity contribution in [2.75, 3.05) is 25.4 Å². The van der Waals surface area contributed by atoms with Gasteiger partial charge in [-0.2, -0.15) is 11.8 Å². The van der Waals surface area contributed by atoms with E-state index >= 15 is 0 Å². The summed E-state index contributed by atoms with van der Waals surface area (Å²) < 4.78 is 0. The molecule has 2 nitrogen and oxygen atoms in total. The normalized spacial score (nSPS) is 33.6. The molecule has 1 N–H and O–H groups in total. The van der Waals surface area contributed by atoms with Gasteiger partial charge in [-0.05, 0) is 25.1 Å². The summed E-state index contributed by atoms with van der Waals surface area (Å²) in [7, 11) is 0. The quantitative estimate of drug-likeness (QED) is 0.764. The van der Waals surface area contributed by atoms with E-state index < -0.39 is 0 Å². The van der Waals surface area contributed by atoms with E-state index in [1.54, 1.807) is 0 Å². The molecule has 0 radical (unpaired) electrons. The molecule has 3 heteroatoms. The van der Waals surface area contributed by atoms with Gasteiger partial charge < -0.3 is 5.32 Å². The van der Waals surface area contributed by atoms with Gasteiger partial charge in [0.15, 0.2) is 0 Å². The first kappa shape index (κ1) is 10.8. The Hall–Kier alpha value is 0.270. The molecule has 2 saturated heterocycles. The predicted molar refractivity (Wildman–Crippen MR) is 64.0 cm³/mol. The molecule has 0 aromatic rings. The molecule has 0 bridgehead atoms. The van der Waals surface area contributed by atoms with Gasteiger partial charge in [-0.3, -0.25) is 4.90 Å². The number of thioether (sulfide) groups is 1. The van der Waals surface area contributed by atoms with Gasteiger partial charge in [-0.15, -0.1) is 0 Å². The molecule has 2 atom stereocenters. The van der Waals surface area contributed by atoms with Gasteiger partial charge in [0.25, 0.3) is 0 Å². The molecule has 0 aromatic heterocycles. The first-order valence-corrected chi connectivity index (χ1v) is 6.96. The average Bonchev–Trinajstić information content (AvgIpc) is 2.47. The van der Waals surface area contributed by atoms with E-state index in [1.807, 2.05) is 0 Å². The van der Waals surface area contributed by atoms with Crippen LogP contribution in [0.3, 0.4) is 0 Å². The van der Waals surface area contributed by atoms with Crippen molar-refractivity contribution in [3.63, 3.8) is 0 Å². The van der Waals surface area contributed by atoms with E-state index in [9.17, 15) is 0 Å². The lowest BCUT2D eigenvalue weighted by Crippen LogP contribution is -2.61. The van der Waals surface area contributed by atoms with E-state index in [-0.39, 0.29) is 0 Å². The van der Waals surface area contributed by atoms with Crippen LogP contribution in [0.2, 0.25) is 0 Å². The lowest BCUT2D eigenvalue weighted by molar-refractivity contribution is 0.0961. The first-order valence-electron chi connectivity index (χ1n) is 5.91. The fourth-order valence-electron chi connectivity index (χ4n) is 2.54. The summed E-state index contributed by atoms with van der Waals surface area (Å²) in [6.07, 6.45) is 2.70. The molecule has 0 saturated carbocycles. The third-order valence-corrected chi connectivity index (χ3v) is 4.78. The zero-order valence-corrected chi connectivity index (χ0v) is 10.1. The number of nitrogens with one attached hydrogen (secondary N) is 1. The van der Waals surface area contributed by atoms with E-state index in [0.717, 1.165) is 17.3 Å². The molecule has 0 aliphatic carbocycles. The highest BCUT2D eigenvalue weighted by Gasteiger charge is 2.35. The van der Waals surface area contributed by atoms with Gasteiger partial charge >= 0.3 is 0 Å². The molecule has 2 unspecified atom stereocenters. The van der Waals surface area contributed by atoms with Crippen LogP contribution in [0.15, 0.2) is 0 Å². The van der Waals surface area contributed by atoms with Gasteiger partial charge in [0.1, 0.15) is 0 Å². The summed E-state index contributed by atoms with van der Waals surface area (Å²) in [5, 5.41) is 4.24. The molecule has 2 rings (SSSR count). The summed E-state index contributed by atoms with van der Waals surface area (Å²) >= 11 is 2.15. The Labute approximate surface area is 91.8 Å². The van der Waals surface area contributed by atoms with Gasteiger partial charge in [0.2, 0.25) is 0 Å². The first-order chi connectivity index (χ1) is 6.83. The monoisotopic (exact) mass is 214 g/mol. The molecule has 2 heterocycles.